The van der Waals surface area contributed by atoms with Crippen LogP contribution in [0.4, 0.5) is 13.2 Å². The van der Waals surface area contributed by atoms with Gasteiger partial charge < -0.3 is 20.2 Å². The number of alkyl halides is 3. The van der Waals surface area contributed by atoms with Crippen LogP contribution in [0.3, 0.4) is 0 Å². The fourth-order valence-electron chi connectivity index (χ4n) is 3.11. The molecule has 0 radical (unpaired) electrons. The second-order valence-corrected chi connectivity index (χ2v) is 6.63. The molecule has 0 fully saturated rings. The normalized spacial score (nSPS) is 12.4. The van der Waals surface area contributed by atoms with Crippen molar-refractivity contribution in [2.75, 3.05) is 7.11 Å². The van der Waals surface area contributed by atoms with Crippen LogP contribution in [0.1, 0.15) is 21.5 Å². The molecule has 0 aliphatic carbocycles. The fourth-order valence-corrected chi connectivity index (χ4v) is 3.11. The molecule has 3 aromatic rings. The molecule has 0 saturated heterocycles. The largest absolute Gasteiger partial charge is 0.497 e. The molecule has 1 atom stereocenters. The van der Waals surface area contributed by atoms with Gasteiger partial charge in [0.05, 0.1) is 18.2 Å². The van der Waals surface area contributed by atoms with Crippen LogP contribution >= 0.6 is 0 Å². The van der Waals surface area contributed by atoms with Crippen molar-refractivity contribution in [3.05, 3.63) is 75.6 Å². The summed E-state index contributed by atoms with van der Waals surface area (Å²) in [6.45, 7) is 0. The molecule has 0 aliphatic heterocycles. The van der Waals surface area contributed by atoms with Crippen LogP contribution in [-0.4, -0.2) is 25.0 Å². The highest BCUT2D eigenvalue weighted by Gasteiger charge is 2.35. The Kier molecular flexibility index (Phi) is 6.00. The molecular weight excluding hydrogens is 417 g/mol. The van der Waals surface area contributed by atoms with E-state index in [1.807, 2.05) is 0 Å². The van der Waals surface area contributed by atoms with Gasteiger partial charge in [0.2, 0.25) is 5.91 Å². The van der Waals surface area contributed by atoms with Crippen LogP contribution in [0, 0.1) is 0 Å². The van der Waals surface area contributed by atoms with Crippen molar-refractivity contribution in [3.63, 3.8) is 0 Å². The second kappa shape index (κ2) is 8.50. The standard InChI is InChI=1S/C21H17F3N2O5/c1-30-12-6-7-13-11(9-18(27)31-17(13)10-12)8-16(19(25)28)26-20(29)14-4-2-3-5-15(14)21(22,23)24/h2-7,9-10,16H,8H2,1H3,(H2,25,28)(H,26,29)/t16-/m0/s1. The Morgan fingerprint density at radius 1 is 1.16 bits per heavy atom. The summed E-state index contributed by atoms with van der Waals surface area (Å²) in [6.07, 6.45) is -4.99. The molecule has 7 nitrogen and oxygen atoms in total. The number of carbonyl (C=O) groups is 2. The van der Waals surface area contributed by atoms with E-state index in [9.17, 15) is 27.6 Å². The summed E-state index contributed by atoms with van der Waals surface area (Å²) in [5, 5.41) is 2.68. The molecule has 31 heavy (non-hydrogen) atoms. The van der Waals surface area contributed by atoms with E-state index in [2.05, 4.69) is 5.32 Å². The Hall–Kier alpha value is -3.82. The van der Waals surface area contributed by atoms with Gasteiger partial charge in [-0.3, -0.25) is 9.59 Å². The Balaban J connectivity index is 1.94. The van der Waals surface area contributed by atoms with E-state index < -0.39 is 40.8 Å². The van der Waals surface area contributed by atoms with Gasteiger partial charge >= 0.3 is 11.8 Å². The first-order valence-corrected chi connectivity index (χ1v) is 8.97. The third-order valence-corrected chi connectivity index (χ3v) is 4.59. The Labute approximate surface area is 173 Å². The number of methoxy groups -OCH3 is 1. The molecule has 3 rings (SSSR count). The molecule has 1 aromatic heterocycles. The zero-order chi connectivity index (χ0) is 22.8. The zero-order valence-electron chi connectivity index (χ0n) is 16.2. The van der Waals surface area contributed by atoms with E-state index in [1.54, 1.807) is 12.1 Å². The smallest absolute Gasteiger partial charge is 0.417 e. The number of nitrogens with one attached hydrogen (secondary N) is 1. The molecule has 162 valence electrons. The quantitative estimate of drug-likeness (QED) is 0.580. The first-order valence-electron chi connectivity index (χ1n) is 8.97. The minimum atomic E-state index is -4.76. The lowest BCUT2D eigenvalue weighted by atomic mass is 10.0. The first-order chi connectivity index (χ1) is 14.6. The van der Waals surface area contributed by atoms with Crippen molar-refractivity contribution in [1.82, 2.24) is 5.32 Å². The number of amides is 2. The van der Waals surface area contributed by atoms with E-state index in [-0.39, 0.29) is 12.0 Å². The van der Waals surface area contributed by atoms with Crippen molar-refractivity contribution >= 4 is 22.8 Å². The number of primary amides is 1. The molecule has 0 aliphatic rings. The van der Waals surface area contributed by atoms with Crippen molar-refractivity contribution in [2.24, 2.45) is 5.73 Å². The molecule has 10 heteroatoms. The average Bonchev–Trinajstić information content (AvgIpc) is 2.71. The monoisotopic (exact) mass is 434 g/mol. The Bertz CT molecular complexity index is 1200. The predicted octanol–water partition coefficient (Wildman–Crippen LogP) is 2.65. The molecule has 0 saturated carbocycles. The van der Waals surface area contributed by atoms with Gasteiger partial charge in [-0.1, -0.05) is 12.1 Å². The van der Waals surface area contributed by atoms with Gasteiger partial charge in [0, 0.05) is 23.9 Å². The summed E-state index contributed by atoms with van der Waals surface area (Å²) in [4.78, 5) is 36.4. The zero-order valence-corrected chi connectivity index (χ0v) is 16.2. The number of benzene rings is 2. The maximum Gasteiger partial charge on any atom is 0.417 e. The SMILES string of the molecule is COc1ccc2c(C[C@H](NC(=O)c3ccccc3C(F)(F)F)C(N)=O)cc(=O)oc2c1. The number of hydrogen-bond donors (Lipinski definition) is 2. The maximum absolute atomic E-state index is 13.2. The van der Waals surface area contributed by atoms with Crippen molar-refractivity contribution in [3.8, 4) is 5.75 Å². The highest BCUT2D eigenvalue weighted by atomic mass is 19.4. The first kappa shape index (κ1) is 21.9. The lowest BCUT2D eigenvalue weighted by Gasteiger charge is -2.18. The van der Waals surface area contributed by atoms with Gasteiger partial charge in [0.25, 0.3) is 5.91 Å². The van der Waals surface area contributed by atoms with Crippen LogP contribution in [-0.2, 0) is 17.4 Å². The summed E-state index contributed by atoms with van der Waals surface area (Å²) in [6, 6.07) is 8.58. The highest BCUT2D eigenvalue weighted by molar-refractivity contribution is 5.99. The summed E-state index contributed by atoms with van der Waals surface area (Å²) in [5.74, 6) is -1.67. The number of halogens is 3. The third kappa shape index (κ3) is 4.85. The van der Waals surface area contributed by atoms with Crippen LogP contribution < -0.4 is 21.4 Å². The summed E-state index contributed by atoms with van der Waals surface area (Å²) < 4.78 is 49.8. The van der Waals surface area contributed by atoms with E-state index in [0.717, 1.165) is 24.3 Å². The number of carbonyl (C=O) groups excluding carboxylic acids is 2. The van der Waals surface area contributed by atoms with Crippen molar-refractivity contribution in [2.45, 2.75) is 18.6 Å². The number of hydrogen-bond acceptors (Lipinski definition) is 5. The molecular formula is C21H17F3N2O5. The number of fused-ring (bicyclic) bond motifs is 1. The molecule has 0 spiro atoms. The van der Waals surface area contributed by atoms with E-state index in [1.165, 1.54) is 19.2 Å². The molecule has 0 bridgehead atoms. The topological polar surface area (TPSA) is 112 Å². The highest BCUT2D eigenvalue weighted by Crippen LogP contribution is 2.32. The number of nitrogens with two attached hydrogens (primary N) is 1. The Morgan fingerprint density at radius 3 is 2.52 bits per heavy atom. The van der Waals surface area contributed by atoms with Gasteiger partial charge in [-0.15, -0.1) is 0 Å². The summed E-state index contributed by atoms with van der Waals surface area (Å²) in [7, 11) is 1.43. The van der Waals surface area contributed by atoms with Crippen LogP contribution in [0.5, 0.6) is 5.75 Å². The molecule has 2 amide bonds. The van der Waals surface area contributed by atoms with E-state index >= 15 is 0 Å². The number of rotatable bonds is 6. The van der Waals surface area contributed by atoms with Gasteiger partial charge in [-0.25, -0.2) is 4.79 Å². The predicted molar refractivity (Wildman–Crippen MR) is 105 cm³/mol. The van der Waals surface area contributed by atoms with Crippen LogP contribution in [0.25, 0.3) is 11.0 Å². The minimum Gasteiger partial charge on any atom is -0.497 e. The van der Waals surface area contributed by atoms with Crippen LogP contribution in [0.15, 0.2) is 57.7 Å². The van der Waals surface area contributed by atoms with Gasteiger partial charge in [-0.2, -0.15) is 13.2 Å². The second-order valence-electron chi connectivity index (χ2n) is 6.63. The van der Waals surface area contributed by atoms with E-state index in [0.29, 0.717) is 16.7 Å². The summed E-state index contributed by atoms with van der Waals surface area (Å²) in [5.41, 5.74) is 3.36. The lowest BCUT2D eigenvalue weighted by molar-refractivity contribution is -0.137. The van der Waals surface area contributed by atoms with E-state index in [4.69, 9.17) is 14.9 Å². The maximum atomic E-state index is 13.2. The molecule has 2 aromatic carbocycles. The fraction of sp³-hybridized carbons (Fsp3) is 0.190. The lowest BCUT2D eigenvalue weighted by Crippen LogP contribution is -2.46. The number of ether oxygens (including phenoxy) is 1. The van der Waals surface area contributed by atoms with Gasteiger partial charge in [0.15, 0.2) is 0 Å². The molecule has 0 unspecified atom stereocenters. The Morgan fingerprint density at radius 2 is 1.87 bits per heavy atom. The van der Waals surface area contributed by atoms with Crippen molar-refractivity contribution < 1.29 is 31.9 Å². The van der Waals surface area contributed by atoms with Gasteiger partial charge in [-0.05, 0) is 29.8 Å². The summed E-state index contributed by atoms with van der Waals surface area (Å²) >= 11 is 0. The van der Waals surface area contributed by atoms with Crippen LogP contribution in [0.2, 0.25) is 0 Å². The van der Waals surface area contributed by atoms with Gasteiger partial charge in [0.1, 0.15) is 17.4 Å². The third-order valence-electron chi connectivity index (χ3n) is 4.59. The van der Waals surface area contributed by atoms with Crippen molar-refractivity contribution in [1.29, 1.82) is 0 Å². The molecule has 3 N–H and O–H groups in total. The minimum absolute atomic E-state index is 0.179. The molecule has 1 heterocycles. The average molecular weight is 434 g/mol.